The molecule has 0 aliphatic carbocycles. The van der Waals surface area contributed by atoms with E-state index in [0.717, 1.165) is 25.0 Å². The molecule has 1 N–H and O–H groups in total. The molecule has 0 spiro atoms. The highest BCUT2D eigenvalue weighted by Crippen LogP contribution is 2.24. The summed E-state index contributed by atoms with van der Waals surface area (Å²) in [5.41, 5.74) is 2.46. The summed E-state index contributed by atoms with van der Waals surface area (Å²) in [5.74, 6) is 0.868. The van der Waals surface area contributed by atoms with Gasteiger partial charge >= 0.3 is 0 Å². The Morgan fingerprint density at radius 3 is 2.28 bits per heavy atom. The van der Waals surface area contributed by atoms with Gasteiger partial charge in [0.2, 0.25) is 0 Å². The molecule has 0 heterocycles. The smallest absolute Gasteiger partial charge is 0.267 e. The molecule has 144 valence electrons. The van der Waals surface area contributed by atoms with Crippen LogP contribution < -0.4 is 4.74 Å². The lowest BCUT2D eigenvalue weighted by Gasteiger charge is -2.15. The summed E-state index contributed by atoms with van der Waals surface area (Å²) in [6, 6.07) is 6.44. The topological polar surface area (TPSA) is 63.6 Å². The van der Waals surface area contributed by atoms with Crippen molar-refractivity contribution in [1.29, 1.82) is 0 Å². The summed E-state index contributed by atoms with van der Waals surface area (Å²) < 4.78 is 37.2. The van der Waals surface area contributed by atoms with Crippen molar-refractivity contribution in [3.63, 3.8) is 0 Å². The SMILES string of the molecule is CCCCCc1ccc(CCCCC)c(OCCC(C)S(=O)(=O)O)c1. The van der Waals surface area contributed by atoms with Gasteiger partial charge in [0.25, 0.3) is 10.1 Å². The van der Waals surface area contributed by atoms with E-state index in [4.69, 9.17) is 9.29 Å². The lowest BCUT2D eigenvalue weighted by atomic mass is 10.0. The van der Waals surface area contributed by atoms with Crippen LogP contribution >= 0.6 is 0 Å². The van der Waals surface area contributed by atoms with Gasteiger partial charge in [-0.15, -0.1) is 0 Å². The van der Waals surface area contributed by atoms with Crippen molar-refractivity contribution in [1.82, 2.24) is 0 Å². The van der Waals surface area contributed by atoms with Crippen LogP contribution in [0.1, 0.15) is 76.8 Å². The third-order valence-corrected chi connectivity index (χ3v) is 5.79. The molecular formula is C20H34O4S. The molecule has 1 rings (SSSR count). The van der Waals surface area contributed by atoms with Crippen LogP contribution in [-0.4, -0.2) is 24.8 Å². The van der Waals surface area contributed by atoms with Crippen LogP contribution in [0.2, 0.25) is 0 Å². The van der Waals surface area contributed by atoms with Crippen LogP contribution in [0, 0.1) is 0 Å². The Morgan fingerprint density at radius 2 is 1.68 bits per heavy atom. The molecule has 0 fully saturated rings. The lowest BCUT2D eigenvalue weighted by molar-refractivity contribution is 0.303. The van der Waals surface area contributed by atoms with Crippen LogP contribution in [0.15, 0.2) is 18.2 Å². The molecular weight excluding hydrogens is 336 g/mol. The van der Waals surface area contributed by atoms with E-state index in [-0.39, 0.29) is 6.42 Å². The largest absolute Gasteiger partial charge is 0.493 e. The van der Waals surface area contributed by atoms with Gasteiger partial charge in [-0.2, -0.15) is 8.42 Å². The second-order valence-electron chi connectivity index (χ2n) is 6.82. The van der Waals surface area contributed by atoms with Crippen LogP contribution in [-0.2, 0) is 23.0 Å². The van der Waals surface area contributed by atoms with E-state index in [1.54, 1.807) is 0 Å². The van der Waals surface area contributed by atoms with Crippen molar-refractivity contribution < 1.29 is 17.7 Å². The summed E-state index contributed by atoms with van der Waals surface area (Å²) in [6.07, 6.45) is 9.40. The zero-order valence-corrected chi connectivity index (χ0v) is 16.8. The average molecular weight is 371 g/mol. The van der Waals surface area contributed by atoms with E-state index < -0.39 is 15.4 Å². The van der Waals surface area contributed by atoms with Gasteiger partial charge in [0.15, 0.2) is 0 Å². The number of aryl methyl sites for hydroxylation is 2. The Balaban J connectivity index is 2.73. The van der Waals surface area contributed by atoms with Crippen molar-refractivity contribution in [3.05, 3.63) is 29.3 Å². The maximum atomic E-state index is 11.1. The number of benzene rings is 1. The lowest BCUT2D eigenvalue weighted by Crippen LogP contribution is -2.19. The van der Waals surface area contributed by atoms with Gasteiger partial charge < -0.3 is 4.74 Å². The molecule has 5 heteroatoms. The van der Waals surface area contributed by atoms with Crippen molar-refractivity contribution >= 4 is 10.1 Å². The van der Waals surface area contributed by atoms with Crippen LogP contribution in [0.25, 0.3) is 0 Å². The minimum Gasteiger partial charge on any atom is -0.493 e. The normalized spacial score (nSPS) is 13.0. The molecule has 0 saturated carbocycles. The molecule has 1 aromatic rings. The van der Waals surface area contributed by atoms with Gasteiger partial charge in [-0.3, -0.25) is 4.55 Å². The predicted molar refractivity (Wildman–Crippen MR) is 104 cm³/mol. The van der Waals surface area contributed by atoms with Crippen molar-refractivity contribution in [2.24, 2.45) is 0 Å². The summed E-state index contributed by atoms with van der Waals surface area (Å²) in [4.78, 5) is 0. The molecule has 4 nitrogen and oxygen atoms in total. The Morgan fingerprint density at radius 1 is 1.04 bits per heavy atom. The number of rotatable bonds is 13. The van der Waals surface area contributed by atoms with Gasteiger partial charge in [-0.25, -0.2) is 0 Å². The maximum absolute atomic E-state index is 11.1. The Bertz CT molecular complexity index is 596. The first-order chi connectivity index (χ1) is 11.9. The fraction of sp³-hybridized carbons (Fsp3) is 0.700. The summed E-state index contributed by atoms with van der Waals surface area (Å²) in [7, 11) is -3.99. The predicted octanol–water partition coefficient (Wildman–Crippen LogP) is 5.20. The molecule has 0 amide bonds. The Hall–Kier alpha value is -1.07. The van der Waals surface area contributed by atoms with E-state index in [1.807, 2.05) is 0 Å². The second-order valence-corrected chi connectivity index (χ2v) is 8.65. The first-order valence-electron chi connectivity index (χ1n) is 9.59. The first-order valence-corrected chi connectivity index (χ1v) is 11.1. The number of hydrogen-bond acceptors (Lipinski definition) is 3. The van der Waals surface area contributed by atoms with E-state index in [9.17, 15) is 8.42 Å². The minimum absolute atomic E-state index is 0.285. The molecule has 1 atom stereocenters. The molecule has 0 radical (unpaired) electrons. The number of ether oxygens (including phenoxy) is 1. The van der Waals surface area contributed by atoms with E-state index in [0.29, 0.717) is 6.61 Å². The van der Waals surface area contributed by atoms with Crippen molar-refractivity contribution in [2.45, 2.75) is 83.8 Å². The monoisotopic (exact) mass is 370 g/mol. The Labute approximate surface area is 153 Å². The van der Waals surface area contributed by atoms with E-state index >= 15 is 0 Å². The van der Waals surface area contributed by atoms with Crippen LogP contribution in [0.5, 0.6) is 5.75 Å². The zero-order valence-electron chi connectivity index (χ0n) is 16.0. The summed E-state index contributed by atoms with van der Waals surface area (Å²) in [6.45, 7) is 6.18. The maximum Gasteiger partial charge on any atom is 0.267 e. The molecule has 0 bridgehead atoms. The van der Waals surface area contributed by atoms with E-state index in [2.05, 4.69) is 32.0 Å². The van der Waals surface area contributed by atoms with Gasteiger partial charge in [0.1, 0.15) is 5.75 Å². The highest BCUT2D eigenvalue weighted by atomic mass is 32.2. The van der Waals surface area contributed by atoms with Gasteiger partial charge in [-0.05, 0) is 49.8 Å². The van der Waals surface area contributed by atoms with E-state index in [1.165, 1.54) is 50.2 Å². The molecule has 0 saturated heterocycles. The third-order valence-electron chi connectivity index (χ3n) is 4.54. The molecule has 0 aliphatic rings. The quantitative estimate of drug-likeness (QED) is 0.383. The standard InChI is InChI=1S/C20H34O4S/c1-4-6-8-10-18-12-13-19(11-9-7-5-2)20(16-18)24-15-14-17(3)25(21,22)23/h12-13,16-17H,4-11,14-15H2,1-3H3,(H,21,22,23). The van der Waals surface area contributed by atoms with Gasteiger partial charge in [-0.1, -0.05) is 51.7 Å². The fourth-order valence-electron chi connectivity index (χ4n) is 2.72. The molecule has 0 aromatic heterocycles. The van der Waals surface area contributed by atoms with Crippen LogP contribution in [0.3, 0.4) is 0 Å². The highest BCUT2D eigenvalue weighted by molar-refractivity contribution is 7.86. The number of hydrogen-bond donors (Lipinski definition) is 1. The third kappa shape index (κ3) is 8.73. The average Bonchev–Trinajstić information content (AvgIpc) is 2.56. The summed E-state index contributed by atoms with van der Waals surface area (Å²) in [5, 5.41) is -0.802. The van der Waals surface area contributed by atoms with Crippen molar-refractivity contribution in [3.8, 4) is 5.75 Å². The zero-order chi connectivity index (χ0) is 18.7. The molecule has 1 aromatic carbocycles. The molecule has 25 heavy (non-hydrogen) atoms. The molecule has 0 aliphatic heterocycles. The first kappa shape index (κ1) is 22.0. The number of unbranched alkanes of at least 4 members (excludes halogenated alkanes) is 4. The molecule has 1 unspecified atom stereocenters. The summed E-state index contributed by atoms with van der Waals surface area (Å²) >= 11 is 0. The second kappa shape index (κ2) is 11.5. The van der Waals surface area contributed by atoms with Gasteiger partial charge in [0, 0.05) is 6.42 Å². The highest BCUT2D eigenvalue weighted by Gasteiger charge is 2.17. The minimum atomic E-state index is -3.99. The van der Waals surface area contributed by atoms with Gasteiger partial charge in [0.05, 0.1) is 11.9 Å². The van der Waals surface area contributed by atoms with Crippen molar-refractivity contribution in [2.75, 3.05) is 6.61 Å². The van der Waals surface area contributed by atoms with Crippen LogP contribution in [0.4, 0.5) is 0 Å². The Kier molecular flexibility index (Phi) is 10.1. The fourth-order valence-corrected chi connectivity index (χ4v) is 3.12.